The van der Waals surface area contributed by atoms with Gasteiger partial charge in [0.15, 0.2) is 0 Å². The maximum atomic E-state index is 5.90. The first-order valence-electron chi connectivity index (χ1n) is 7.20. The van der Waals surface area contributed by atoms with Gasteiger partial charge in [0.1, 0.15) is 9.34 Å². The summed E-state index contributed by atoms with van der Waals surface area (Å²) in [7, 11) is 0. The lowest BCUT2D eigenvalue weighted by atomic mass is 9.82. The first-order valence-corrected chi connectivity index (χ1v) is 8.39. The van der Waals surface area contributed by atoms with E-state index < -0.39 is 0 Å². The molecule has 1 heterocycles. The number of nitrogens with zero attached hydrogens (tertiary/aromatic N) is 1. The third-order valence-corrected chi connectivity index (χ3v) is 5.18. The molecule has 1 aliphatic carbocycles. The van der Waals surface area contributed by atoms with Gasteiger partial charge in [-0.2, -0.15) is 0 Å². The molecule has 4 heteroatoms. The standard InChI is InChI=1S/C16H19ClN2S/c17-15-10-19-16(20-15)11-18-14-8-6-13(7-9-14)12-4-2-1-3-5-12/h1-5,10,13-14,18H,6-9,11H2. The van der Waals surface area contributed by atoms with Gasteiger partial charge < -0.3 is 5.32 Å². The fourth-order valence-electron chi connectivity index (χ4n) is 2.96. The number of halogens is 1. The Labute approximate surface area is 129 Å². The van der Waals surface area contributed by atoms with Gasteiger partial charge in [-0.3, -0.25) is 0 Å². The van der Waals surface area contributed by atoms with Crippen molar-refractivity contribution in [1.29, 1.82) is 0 Å². The van der Waals surface area contributed by atoms with Gasteiger partial charge in [0.25, 0.3) is 0 Å². The van der Waals surface area contributed by atoms with Crippen LogP contribution in [0.2, 0.25) is 4.34 Å². The van der Waals surface area contributed by atoms with E-state index in [0.717, 1.165) is 21.8 Å². The first-order chi connectivity index (χ1) is 9.81. The van der Waals surface area contributed by atoms with Crippen molar-refractivity contribution >= 4 is 22.9 Å². The van der Waals surface area contributed by atoms with Crippen LogP contribution in [0.3, 0.4) is 0 Å². The number of hydrogen-bond acceptors (Lipinski definition) is 3. The molecule has 0 bridgehead atoms. The summed E-state index contributed by atoms with van der Waals surface area (Å²) in [5.74, 6) is 0.739. The van der Waals surface area contributed by atoms with E-state index in [1.54, 1.807) is 17.5 Å². The molecule has 1 aliphatic rings. The van der Waals surface area contributed by atoms with E-state index in [2.05, 4.69) is 40.6 Å². The van der Waals surface area contributed by atoms with Crippen molar-refractivity contribution in [1.82, 2.24) is 10.3 Å². The third-order valence-electron chi connectivity index (χ3n) is 4.07. The molecule has 0 unspecified atom stereocenters. The molecule has 1 aromatic heterocycles. The Bertz CT molecular complexity index is 532. The highest BCUT2D eigenvalue weighted by Crippen LogP contribution is 2.32. The smallest absolute Gasteiger partial charge is 0.113 e. The Kier molecular flexibility index (Phi) is 4.71. The topological polar surface area (TPSA) is 24.9 Å². The summed E-state index contributed by atoms with van der Waals surface area (Å²) in [6, 6.07) is 11.5. The summed E-state index contributed by atoms with van der Waals surface area (Å²) in [6.07, 6.45) is 6.79. The Morgan fingerprint density at radius 1 is 1.15 bits per heavy atom. The number of aromatic nitrogens is 1. The average Bonchev–Trinajstić information content (AvgIpc) is 2.92. The summed E-state index contributed by atoms with van der Waals surface area (Å²) >= 11 is 7.46. The lowest BCUT2D eigenvalue weighted by molar-refractivity contribution is 0.341. The Morgan fingerprint density at radius 3 is 2.55 bits per heavy atom. The number of thiazole rings is 1. The van der Waals surface area contributed by atoms with E-state index >= 15 is 0 Å². The summed E-state index contributed by atoms with van der Waals surface area (Å²) in [5, 5.41) is 4.70. The summed E-state index contributed by atoms with van der Waals surface area (Å²) in [6.45, 7) is 0.845. The van der Waals surface area contributed by atoms with E-state index in [1.165, 1.54) is 31.2 Å². The van der Waals surface area contributed by atoms with Crippen LogP contribution in [0.5, 0.6) is 0 Å². The molecule has 20 heavy (non-hydrogen) atoms. The zero-order valence-corrected chi connectivity index (χ0v) is 13.0. The van der Waals surface area contributed by atoms with Gasteiger partial charge in [0.2, 0.25) is 0 Å². The zero-order valence-electron chi connectivity index (χ0n) is 11.4. The average molecular weight is 307 g/mol. The van der Waals surface area contributed by atoms with Crippen LogP contribution >= 0.6 is 22.9 Å². The predicted octanol–water partition coefficient (Wildman–Crippen LogP) is 4.61. The SMILES string of the molecule is Clc1cnc(CNC2CCC(c3ccccc3)CC2)s1. The largest absolute Gasteiger partial charge is 0.308 e. The van der Waals surface area contributed by atoms with Gasteiger partial charge >= 0.3 is 0 Å². The Balaban J connectivity index is 1.47. The highest BCUT2D eigenvalue weighted by atomic mass is 35.5. The highest BCUT2D eigenvalue weighted by Gasteiger charge is 2.21. The quantitative estimate of drug-likeness (QED) is 0.892. The van der Waals surface area contributed by atoms with Gasteiger partial charge in [-0.15, -0.1) is 11.3 Å². The van der Waals surface area contributed by atoms with Crippen LogP contribution in [-0.4, -0.2) is 11.0 Å². The molecule has 1 aromatic carbocycles. The molecule has 0 amide bonds. The van der Waals surface area contributed by atoms with Crippen LogP contribution in [0.1, 0.15) is 42.2 Å². The molecule has 0 saturated heterocycles. The minimum atomic E-state index is 0.623. The van der Waals surface area contributed by atoms with Crippen LogP contribution < -0.4 is 5.32 Å². The van der Waals surface area contributed by atoms with E-state index in [4.69, 9.17) is 11.6 Å². The minimum Gasteiger partial charge on any atom is -0.308 e. The van der Waals surface area contributed by atoms with Crippen LogP contribution in [0.4, 0.5) is 0 Å². The highest BCUT2D eigenvalue weighted by molar-refractivity contribution is 7.15. The number of nitrogens with one attached hydrogen (secondary N) is 1. The molecular weight excluding hydrogens is 288 g/mol. The van der Waals surface area contributed by atoms with Crippen molar-refractivity contribution in [2.45, 2.75) is 44.2 Å². The monoisotopic (exact) mass is 306 g/mol. The maximum absolute atomic E-state index is 5.90. The second-order valence-electron chi connectivity index (χ2n) is 5.40. The molecule has 0 aliphatic heterocycles. The van der Waals surface area contributed by atoms with E-state index in [1.807, 2.05) is 0 Å². The van der Waals surface area contributed by atoms with Gasteiger partial charge in [-0.1, -0.05) is 41.9 Å². The molecule has 3 rings (SSSR count). The van der Waals surface area contributed by atoms with Gasteiger partial charge in [0, 0.05) is 12.6 Å². The van der Waals surface area contributed by atoms with Crippen LogP contribution in [0.25, 0.3) is 0 Å². The Morgan fingerprint density at radius 2 is 1.90 bits per heavy atom. The van der Waals surface area contributed by atoms with Crippen LogP contribution in [0.15, 0.2) is 36.5 Å². The maximum Gasteiger partial charge on any atom is 0.113 e. The summed E-state index contributed by atoms with van der Waals surface area (Å²) in [5.41, 5.74) is 1.50. The first kappa shape index (κ1) is 14.1. The van der Waals surface area contributed by atoms with E-state index in [0.29, 0.717) is 6.04 Å². The molecule has 2 aromatic rings. The fraction of sp³-hybridized carbons (Fsp3) is 0.438. The van der Waals surface area contributed by atoms with Crippen LogP contribution in [0, 0.1) is 0 Å². The molecule has 0 radical (unpaired) electrons. The molecule has 0 atom stereocenters. The molecule has 0 spiro atoms. The van der Waals surface area contributed by atoms with E-state index in [9.17, 15) is 0 Å². The number of hydrogen-bond donors (Lipinski definition) is 1. The van der Waals surface area contributed by atoms with Gasteiger partial charge in [-0.05, 0) is 37.2 Å². The van der Waals surface area contributed by atoms with Crippen molar-refractivity contribution in [2.75, 3.05) is 0 Å². The molecule has 106 valence electrons. The minimum absolute atomic E-state index is 0.623. The summed E-state index contributed by atoms with van der Waals surface area (Å²) < 4.78 is 0.773. The lowest BCUT2D eigenvalue weighted by Crippen LogP contribution is -2.32. The number of rotatable bonds is 4. The van der Waals surface area contributed by atoms with Crippen molar-refractivity contribution in [2.24, 2.45) is 0 Å². The second kappa shape index (κ2) is 6.70. The van der Waals surface area contributed by atoms with Crippen molar-refractivity contribution < 1.29 is 0 Å². The normalized spacial score (nSPS) is 22.9. The molecule has 1 fully saturated rings. The van der Waals surface area contributed by atoms with Crippen molar-refractivity contribution in [3.63, 3.8) is 0 Å². The van der Waals surface area contributed by atoms with Gasteiger partial charge in [-0.25, -0.2) is 4.98 Å². The van der Waals surface area contributed by atoms with Crippen molar-refractivity contribution in [3.05, 3.63) is 51.4 Å². The molecular formula is C16H19ClN2S. The van der Waals surface area contributed by atoms with Crippen LogP contribution in [-0.2, 0) is 6.54 Å². The third kappa shape index (κ3) is 3.60. The molecule has 1 saturated carbocycles. The fourth-order valence-corrected chi connectivity index (χ4v) is 3.86. The zero-order chi connectivity index (χ0) is 13.8. The number of benzene rings is 1. The molecule has 1 N–H and O–H groups in total. The summed E-state index contributed by atoms with van der Waals surface area (Å²) in [4.78, 5) is 4.29. The van der Waals surface area contributed by atoms with Gasteiger partial charge in [0.05, 0.1) is 6.20 Å². The van der Waals surface area contributed by atoms with Crippen molar-refractivity contribution in [3.8, 4) is 0 Å². The lowest BCUT2D eigenvalue weighted by Gasteiger charge is -2.29. The molecule has 2 nitrogen and oxygen atoms in total. The van der Waals surface area contributed by atoms with E-state index in [-0.39, 0.29) is 0 Å². The second-order valence-corrected chi connectivity index (χ2v) is 7.14. The Hall–Kier alpha value is -0.900. The predicted molar refractivity (Wildman–Crippen MR) is 85.4 cm³/mol.